The van der Waals surface area contributed by atoms with Gasteiger partial charge < -0.3 is 10.2 Å². The van der Waals surface area contributed by atoms with Crippen LogP contribution in [0.4, 0.5) is 11.4 Å². The van der Waals surface area contributed by atoms with Crippen molar-refractivity contribution in [3.8, 4) is 6.07 Å². The maximum atomic E-state index is 12.4. The lowest BCUT2D eigenvalue weighted by molar-refractivity contribution is -0.117. The van der Waals surface area contributed by atoms with E-state index in [9.17, 15) is 10.1 Å². The van der Waals surface area contributed by atoms with Gasteiger partial charge in [0, 0.05) is 26.2 Å². The van der Waals surface area contributed by atoms with Crippen LogP contribution in [0.15, 0.2) is 42.5 Å². The molecule has 2 aromatic carbocycles. The van der Waals surface area contributed by atoms with Gasteiger partial charge in [-0.1, -0.05) is 29.8 Å². The van der Waals surface area contributed by atoms with Crippen LogP contribution in [0.5, 0.6) is 0 Å². The lowest BCUT2D eigenvalue weighted by Crippen LogP contribution is -2.36. The standard InChI is InChI=1S/C21H23ClN4O/c1-16-7-8-19(18(22)13-16)24-21(27)15-25-9-4-10-26(12-11-25)20-6-3-2-5-17(20)14-23/h2-3,5-8,13H,4,9-12,15H2,1H3,(H,24,27). The second-order valence-electron chi connectivity index (χ2n) is 6.78. The molecule has 0 unspecified atom stereocenters. The predicted octanol–water partition coefficient (Wildman–Crippen LogP) is 3.67. The van der Waals surface area contributed by atoms with Crippen LogP contribution in [0.1, 0.15) is 17.5 Å². The summed E-state index contributed by atoms with van der Waals surface area (Å²) in [5.74, 6) is -0.0633. The molecule has 5 nitrogen and oxygen atoms in total. The summed E-state index contributed by atoms with van der Waals surface area (Å²) in [6.07, 6.45) is 0.943. The highest BCUT2D eigenvalue weighted by atomic mass is 35.5. The Hall–Kier alpha value is -2.55. The maximum absolute atomic E-state index is 12.4. The van der Waals surface area contributed by atoms with Crippen LogP contribution in [0.3, 0.4) is 0 Å². The molecule has 6 heteroatoms. The highest BCUT2D eigenvalue weighted by Gasteiger charge is 2.19. The summed E-state index contributed by atoms with van der Waals surface area (Å²) in [5.41, 5.74) is 3.37. The number of aryl methyl sites for hydroxylation is 1. The average molecular weight is 383 g/mol. The van der Waals surface area contributed by atoms with Crippen LogP contribution >= 0.6 is 11.6 Å². The number of nitrogens with zero attached hydrogens (tertiary/aromatic N) is 3. The lowest BCUT2D eigenvalue weighted by Gasteiger charge is -2.24. The van der Waals surface area contributed by atoms with Gasteiger partial charge in [-0.05, 0) is 43.2 Å². The number of anilines is 2. The molecule has 0 bridgehead atoms. The molecule has 1 amide bonds. The molecule has 0 spiro atoms. The minimum atomic E-state index is -0.0633. The molecule has 1 fully saturated rings. The van der Waals surface area contributed by atoms with E-state index in [1.54, 1.807) is 0 Å². The smallest absolute Gasteiger partial charge is 0.238 e. The third kappa shape index (κ3) is 5.00. The van der Waals surface area contributed by atoms with Crippen molar-refractivity contribution in [3.05, 3.63) is 58.6 Å². The van der Waals surface area contributed by atoms with E-state index in [0.29, 0.717) is 22.8 Å². The van der Waals surface area contributed by atoms with E-state index in [4.69, 9.17) is 11.6 Å². The molecule has 0 aromatic heterocycles. The van der Waals surface area contributed by atoms with E-state index < -0.39 is 0 Å². The van der Waals surface area contributed by atoms with Crippen LogP contribution in [-0.2, 0) is 4.79 Å². The fraction of sp³-hybridized carbons (Fsp3) is 0.333. The first kappa shape index (κ1) is 19.2. The van der Waals surface area contributed by atoms with Crippen molar-refractivity contribution in [3.63, 3.8) is 0 Å². The molecule has 0 saturated carbocycles. The highest BCUT2D eigenvalue weighted by Crippen LogP contribution is 2.23. The quantitative estimate of drug-likeness (QED) is 0.876. The van der Waals surface area contributed by atoms with Gasteiger partial charge in [0.05, 0.1) is 28.5 Å². The molecular formula is C21H23ClN4O. The first-order valence-electron chi connectivity index (χ1n) is 9.09. The molecule has 2 aromatic rings. The molecule has 0 radical (unpaired) electrons. The summed E-state index contributed by atoms with van der Waals surface area (Å²) in [6, 6.07) is 15.5. The Bertz CT molecular complexity index is 862. The molecule has 0 atom stereocenters. The fourth-order valence-electron chi connectivity index (χ4n) is 3.33. The van der Waals surface area contributed by atoms with Gasteiger partial charge in [0.1, 0.15) is 6.07 Å². The summed E-state index contributed by atoms with van der Waals surface area (Å²) in [6.45, 7) is 5.58. The van der Waals surface area contributed by atoms with Gasteiger partial charge in [0.2, 0.25) is 5.91 Å². The van der Waals surface area contributed by atoms with Gasteiger partial charge in [0.25, 0.3) is 0 Å². The van der Waals surface area contributed by atoms with Crippen LogP contribution in [-0.4, -0.2) is 43.5 Å². The van der Waals surface area contributed by atoms with E-state index in [1.807, 2.05) is 49.4 Å². The number of carbonyl (C=O) groups is 1. The van der Waals surface area contributed by atoms with Crippen molar-refractivity contribution in [1.29, 1.82) is 5.26 Å². The first-order valence-corrected chi connectivity index (χ1v) is 9.47. The second kappa shape index (κ2) is 8.90. The van der Waals surface area contributed by atoms with Gasteiger partial charge >= 0.3 is 0 Å². The number of amides is 1. The summed E-state index contributed by atoms with van der Waals surface area (Å²) in [7, 11) is 0. The van der Waals surface area contributed by atoms with E-state index in [-0.39, 0.29) is 5.91 Å². The van der Waals surface area contributed by atoms with Crippen molar-refractivity contribution in [1.82, 2.24) is 4.90 Å². The normalized spacial score (nSPS) is 15.1. The molecular weight excluding hydrogens is 360 g/mol. The van der Waals surface area contributed by atoms with Crippen molar-refractivity contribution in [2.45, 2.75) is 13.3 Å². The molecule has 1 aliphatic heterocycles. The highest BCUT2D eigenvalue weighted by molar-refractivity contribution is 6.33. The molecule has 140 valence electrons. The number of benzene rings is 2. The maximum Gasteiger partial charge on any atom is 0.238 e. The topological polar surface area (TPSA) is 59.4 Å². The van der Waals surface area contributed by atoms with Gasteiger partial charge in [-0.25, -0.2) is 0 Å². The Balaban J connectivity index is 1.58. The number of para-hydroxylation sites is 1. The molecule has 0 aliphatic carbocycles. The summed E-state index contributed by atoms with van der Waals surface area (Å²) >= 11 is 6.20. The molecule has 1 heterocycles. The van der Waals surface area contributed by atoms with Crippen molar-refractivity contribution >= 4 is 28.9 Å². The second-order valence-corrected chi connectivity index (χ2v) is 7.18. The number of hydrogen-bond acceptors (Lipinski definition) is 4. The molecule has 27 heavy (non-hydrogen) atoms. The number of carbonyl (C=O) groups excluding carboxylic acids is 1. The van der Waals surface area contributed by atoms with E-state index in [0.717, 1.165) is 43.9 Å². The van der Waals surface area contributed by atoms with Gasteiger partial charge in [-0.15, -0.1) is 0 Å². The molecule has 1 aliphatic rings. The number of nitriles is 1. The Kier molecular flexibility index (Phi) is 6.33. The van der Waals surface area contributed by atoms with Gasteiger partial charge in [-0.3, -0.25) is 9.69 Å². The van der Waals surface area contributed by atoms with Crippen molar-refractivity contribution in [2.75, 3.05) is 42.9 Å². The molecule has 3 rings (SSSR count). The summed E-state index contributed by atoms with van der Waals surface area (Å²) in [5, 5.41) is 12.8. The lowest BCUT2D eigenvalue weighted by atomic mass is 10.1. The van der Waals surface area contributed by atoms with Crippen molar-refractivity contribution in [2.24, 2.45) is 0 Å². The zero-order valence-corrected chi connectivity index (χ0v) is 16.2. The van der Waals surface area contributed by atoms with Gasteiger partial charge in [-0.2, -0.15) is 5.26 Å². The zero-order valence-electron chi connectivity index (χ0n) is 15.4. The number of nitrogens with one attached hydrogen (secondary N) is 1. The molecule has 1 saturated heterocycles. The first-order chi connectivity index (χ1) is 13.1. The Morgan fingerprint density at radius 1 is 1.19 bits per heavy atom. The summed E-state index contributed by atoms with van der Waals surface area (Å²) < 4.78 is 0. The fourth-order valence-corrected chi connectivity index (χ4v) is 3.61. The van der Waals surface area contributed by atoms with Crippen LogP contribution in [0.2, 0.25) is 5.02 Å². The Labute approximate surface area is 165 Å². The van der Waals surface area contributed by atoms with E-state index in [2.05, 4.69) is 21.2 Å². The van der Waals surface area contributed by atoms with Crippen LogP contribution < -0.4 is 10.2 Å². The number of halogens is 1. The number of hydrogen-bond donors (Lipinski definition) is 1. The number of rotatable bonds is 4. The minimum Gasteiger partial charge on any atom is -0.369 e. The van der Waals surface area contributed by atoms with Crippen LogP contribution in [0.25, 0.3) is 0 Å². The Morgan fingerprint density at radius 3 is 2.78 bits per heavy atom. The third-order valence-corrected chi connectivity index (χ3v) is 5.03. The largest absolute Gasteiger partial charge is 0.369 e. The summed E-state index contributed by atoms with van der Waals surface area (Å²) in [4.78, 5) is 16.8. The minimum absolute atomic E-state index is 0.0633. The van der Waals surface area contributed by atoms with Crippen LogP contribution in [0, 0.1) is 18.3 Å². The molecule has 1 N–H and O–H groups in total. The predicted molar refractivity (Wildman–Crippen MR) is 109 cm³/mol. The Morgan fingerprint density at radius 2 is 2.00 bits per heavy atom. The van der Waals surface area contributed by atoms with E-state index in [1.165, 1.54) is 0 Å². The third-order valence-electron chi connectivity index (χ3n) is 4.72. The monoisotopic (exact) mass is 382 g/mol. The van der Waals surface area contributed by atoms with E-state index >= 15 is 0 Å². The zero-order chi connectivity index (χ0) is 19.2. The SMILES string of the molecule is Cc1ccc(NC(=O)CN2CCCN(c3ccccc3C#N)CC2)c(Cl)c1. The van der Waals surface area contributed by atoms with Crippen molar-refractivity contribution < 1.29 is 4.79 Å². The average Bonchev–Trinajstić information content (AvgIpc) is 2.89. The van der Waals surface area contributed by atoms with Gasteiger partial charge in [0.15, 0.2) is 0 Å².